The van der Waals surface area contributed by atoms with Crippen molar-refractivity contribution in [3.05, 3.63) is 58.6 Å². The summed E-state index contributed by atoms with van der Waals surface area (Å²) < 4.78 is 33.4. The fourth-order valence-corrected chi connectivity index (χ4v) is 4.11. The van der Waals surface area contributed by atoms with Crippen molar-refractivity contribution in [3.8, 4) is 0 Å². The molecule has 0 aliphatic carbocycles. The van der Waals surface area contributed by atoms with Gasteiger partial charge in [-0.25, -0.2) is 13.1 Å². The van der Waals surface area contributed by atoms with Crippen molar-refractivity contribution in [2.24, 2.45) is 0 Å². The Kier molecular flexibility index (Phi) is 6.08. The average Bonchev–Trinajstić information content (AvgIpc) is 3.14. The van der Waals surface area contributed by atoms with Gasteiger partial charge in [0.1, 0.15) is 0 Å². The molecule has 1 fully saturated rings. The number of hydrogen-bond donors (Lipinski definition) is 2. The summed E-state index contributed by atoms with van der Waals surface area (Å²) in [5, 5.41) is 2.75. The van der Waals surface area contributed by atoms with E-state index in [1.807, 2.05) is 6.07 Å². The van der Waals surface area contributed by atoms with E-state index in [9.17, 15) is 13.2 Å². The van der Waals surface area contributed by atoms with Crippen molar-refractivity contribution >= 4 is 37.5 Å². The van der Waals surface area contributed by atoms with E-state index in [4.69, 9.17) is 4.74 Å². The number of benzene rings is 2. The predicted octanol–water partition coefficient (Wildman–Crippen LogP) is 3.16. The van der Waals surface area contributed by atoms with Crippen LogP contribution in [0.5, 0.6) is 0 Å². The highest BCUT2D eigenvalue weighted by Gasteiger charge is 2.20. The van der Waals surface area contributed by atoms with Crippen molar-refractivity contribution in [2.45, 2.75) is 23.8 Å². The van der Waals surface area contributed by atoms with E-state index in [1.54, 1.807) is 30.3 Å². The third-order valence-electron chi connectivity index (χ3n) is 4.03. The number of amides is 1. The quantitative estimate of drug-likeness (QED) is 0.725. The summed E-state index contributed by atoms with van der Waals surface area (Å²) in [6, 6.07) is 13.1. The zero-order valence-corrected chi connectivity index (χ0v) is 16.3. The minimum Gasteiger partial charge on any atom is -0.377 e. The van der Waals surface area contributed by atoms with Gasteiger partial charge in [0.25, 0.3) is 5.91 Å². The lowest BCUT2D eigenvalue weighted by molar-refractivity contribution is 0.102. The van der Waals surface area contributed by atoms with Crippen LogP contribution in [0, 0.1) is 0 Å². The van der Waals surface area contributed by atoms with Crippen molar-refractivity contribution in [1.29, 1.82) is 0 Å². The molecule has 6 nitrogen and oxygen atoms in total. The van der Waals surface area contributed by atoms with Crippen LogP contribution < -0.4 is 10.0 Å². The second-order valence-corrected chi connectivity index (χ2v) is 8.66. The Labute approximate surface area is 161 Å². The second kappa shape index (κ2) is 8.30. The molecular formula is C18H19BrN2O4S. The first-order chi connectivity index (χ1) is 12.4. The number of anilines is 1. The number of nitrogens with one attached hydrogen (secondary N) is 2. The topological polar surface area (TPSA) is 84.5 Å². The lowest BCUT2D eigenvalue weighted by Gasteiger charge is -2.12. The van der Waals surface area contributed by atoms with Gasteiger partial charge in [-0.3, -0.25) is 4.79 Å². The molecule has 26 heavy (non-hydrogen) atoms. The molecule has 0 saturated carbocycles. The molecule has 2 aromatic rings. The zero-order chi connectivity index (χ0) is 18.6. The van der Waals surface area contributed by atoms with E-state index in [0.717, 1.165) is 17.3 Å². The fraction of sp³-hybridized carbons (Fsp3) is 0.278. The summed E-state index contributed by atoms with van der Waals surface area (Å²) in [7, 11) is -3.60. The van der Waals surface area contributed by atoms with Crippen LogP contribution in [0.15, 0.2) is 57.9 Å². The van der Waals surface area contributed by atoms with Crippen LogP contribution in [0.2, 0.25) is 0 Å². The van der Waals surface area contributed by atoms with Gasteiger partial charge in [0.2, 0.25) is 10.0 Å². The zero-order valence-electron chi connectivity index (χ0n) is 13.9. The minimum atomic E-state index is -3.60. The normalized spacial score (nSPS) is 17.2. The molecule has 0 aromatic heterocycles. The maximum atomic E-state index is 12.3. The predicted molar refractivity (Wildman–Crippen MR) is 103 cm³/mol. The molecule has 0 radical (unpaired) electrons. The van der Waals surface area contributed by atoms with Crippen LogP contribution in [0.3, 0.4) is 0 Å². The third-order valence-corrected chi connectivity index (χ3v) is 5.97. The number of ether oxygens (including phenoxy) is 1. The van der Waals surface area contributed by atoms with Gasteiger partial charge in [0.15, 0.2) is 0 Å². The molecule has 1 unspecified atom stereocenters. The number of carbonyl (C=O) groups excluding carboxylic acids is 1. The van der Waals surface area contributed by atoms with E-state index in [0.29, 0.717) is 17.9 Å². The number of rotatable bonds is 6. The first kappa shape index (κ1) is 19.0. The molecule has 1 amide bonds. The van der Waals surface area contributed by atoms with Crippen LogP contribution in [0.4, 0.5) is 5.69 Å². The molecule has 1 aliphatic rings. The Morgan fingerprint density at radius 2 is 1.96 bits per heavy atom. The van der Waals surface area contributed by atoms with Gasteiger partial charge in [-0.05, 0) is 55.3 Å². The van der Waals surface area contributed by atoms with Crippen molar-refractivity contribution < 1.29 is 17.9 Å². The Hall–Kier alpha value is -1.74. The smallest absolute Gasteiger partial charge is 0.255 e. The molecule has 1 saturated heterocycles. The van der Waals surface area contributed by atoms with E-state index < -0.39 is 10.0 Å². The van der Waals surface area contributed by atoms with E-state index in [2.05, 4.69) is 26.0 Å². The standard InChI is InChI=1S/C18H19BrN2O4S/c19-14-4-1-3-13(11-14)18(22)21-15-6-8-17(9-7-15)26(23,24)20-12-16-5-2-10-25-16/h1,3-4,6-9,11,16,20H,2,5,10,12H2,(H,21,22). The van der Waals surface area contributed by atoms with Crippen molar-refractivity contribution in [3.63, 3.8) is 0 Å². The highest BCUT2D eigenvalue weighted by Crippen LogP contribution is 2.17. The number of sulfonamides is 1. The first-order valence-corrected chi connectivity index (χ1v) is 10.5. The third kappa shape index (κ3) is 4.91. The molecule has 3 rings (SSSR count). The van der Waals surface area contributed by atoms with E-state index >= 15 is 0 Å². The lowest BCUT2D eigenvalue weighted by Crippen LogP contribution is -2.31. The molecule has 2 N–H and O–H groups in total. The maximum absolute atomic E-state index is 12.3. The summed E-state index contributed by atoms with van der Waals surface area (Å²) in [4.78, 5) is 12.4. The van der Waals surface area contributed by atoms with Crippen molar-refractivity contribution in [2.75, 3.05) is 18.5 Å². The van der Waals surface area contributed by atoms with Gasteiger partial charge in [-0.1, -0.05) is 22.0 Å². The molecule has 1 heterocycles. The molecule has 138 valence electrons. The molecule has 1 aliphatic heterocycles. The van der Waals surface area contributed by atoms with Gasteiger partial charge < -0.3 is 10.1 Å². The van der Waals surface area contributed by atoms with E-state index in [-0.39, 0.29) is 23.5 Å². The number of halogens is 1. The van der Waals surface area contributed by atoms with E-state index in [1.165, 1.54) is 12.1 Å². The number of carbonyl (C=O) groups is 1. The van der Waals surface area contributed by atoms with Crippen LogP contribution in [-0.4, -0.2) is 33.6 Å². The molecule has 1 atom stereocenters. The summed E-state index contributed by atoms with van der Waals surface area (Å²) in [6.07, 6.45) is 1.76. The molecule has 0 spiro atoms. The van der Waals surface area contributed by atoms with Gasteiger partial charge in [0, 0.05) is 28.9 Å². The van der Waals surface area contributed by atoms with Gasteiger partial charge in [0.05, 0.1) is 11.0 Å². The highest BCUT2D eigenvalue weighted by atomic mass is 79.9. The van der Waals surface area contributed by atoms with Crippen molar-refractivity contribution in [1.82, 2.24) is 4.72 Å². The van der Waals surface area contributed by atoms with Crippen LogP contribution in [0.1, 0.15) is 23.2 Å². The van der Waals surface area contributed by atoms with Crippen LogP contribution in [-0.2, 0) is 14.8 Å². The Bertz CT molecular complexity index is 878. The largest absolute Gasteiger partial charge is 0.377 e. The Morgan fingerprint density at radius 3 is 2.62 bits per heavy atom. The van der Waals surface area contributed by atoms with Crippen LogP contribution in [0.25, 0.3) is 0 Å². The summed E-state index contributed by atoms with van der Waals surface area (Å²) in [6.45, 7) is 0.947. The maximum Gasteiger partial charge on any atom is 0.255 e. The first-order valence-electron chi connectivity index (χ1n) is 8.22. The lowest BCUT2D eigenvalue weighted by atomic mass is 10.2. The van der Waals surface area contributed by atoms with Gasteiger partial charge in [-0.2, -0.15) is 0 Å². The molecule has 8 heteroatoms. The fourth-order valence-electron chi connectivity index (χ4n) is 2.64. The molecule has 0 bridgehead atoms. The SMILES string of the molecule is O=C(Nc1ccc(S(=O)(=O)NCC2CCCO2)cc1)c1cccc(Br)c1. The summed E-state index contributed by atoms with van der Waals surface area (Å²) in [5.41, 5.74) is 1.03. The summed E-state index contributed by atoms with van der Waals surface area (Å²) >= 11 is 3.32. The second-order valence-electron chi connectivity index (χ2n) is 5.98. The summed E-state index contributed by atoms with van der Waals surface area (Å²) in [5.74, 6) is -0.265. The monoisotopic (exact) mass is 438 g/mol. The average molecular weight is 439 g/mol. The molecule has 2 aromatic carbocycles. The van der Waals surface area contributed by atoms with Crippen LogP contribution >= 0.6 is 15.9 Å². The highest BCUT2D eigenvalue weighted by molar-refractivity contribution is 9.10. The number of hydrogen-bond acceptors (Lipinski definition) is 4. The molecular weight excluding hydrogens is 420 g/mol. The Balaban J connectivity index is 1.63. The Morgan fingerprint density at radius 1 is 1.19 bits per heavy atom. The van der Waals surface area contributed by atoms with Gasteiger partial charge >= 0.3 is 0 Å². The minimum absolute atomic E-state index is 0.0615. The van der Waals surface area contributed by atoms with Gasteiger partial charge in [-0.15, -0.1) is 0 Å².